The second kappa shape index (κ2) is 8.49. The highest BCUT2D eigenvalue weighted by Crippen LogP contribution is 2.13. The smallest absolute Gasteiger partial charge is 0.339 e. The van der Waals surface area contributed by atoms with E-state index in [1.165, 1.54) is 18.3 Å². The number of ketones is 2. The topological polar surface area (TPSA) is 73.3 Å². The standard InChI is InChI=1S/C18H16BrNO4/c1-2-24-18(23)13-5-8-15(20-11-13)17(22)10-9-16(21)12-3-6-14(19)7-4-12/h3-8,11H,2,9-10H2,1H3. The zero-order chi connectivity index (χ0) is 17.5. The number of pyridine rings is 1. The van der Waals surface area contributed by atoms with Crippen molar-refractivity contribution in [1.29, 1.82) is 0 Å². The molecule has 0 fully saturated rings. The lowest BCUT2D eigenvalue weighted by molar-refractivity contribution is 0.0525. The SMILES string of the molecule is CCOC(=O)c1ccc(C(=O)CCC(=O)c2ccc(Br)cc2)nc1. The summed E-state index contributed by atoms with van der Waals surface area (Å²) in [6.45, 7) is 1.99. The monoisotopic (exact) mass is 389 g/mol. The van der Waals surface area contributed by atoms with Crippen molar-refractivity contribution >= 4 is 33.5 Å². The minimum Gasteiger partial charge on any atom is -0.462 e. The zero-order valence-electron chi connectivity index (χ0n) is 13.1. The number of esters is 1. The molecule has 0 radical (unpaired) electrons. The normalized spacial score (nSPS) is 10.2. The molecule has 0 saturated carbocycles. The minimum absolute atomic E-state index is 0.0701. The number of nitrogens with zero attached hydrogens (tertiary/aromatic N) is 1. The van der Waals surface area contributed by atoms with Gasteiger partial charge in [-0.3, -0.25) is 14.6 Å². The lowest BCUT2D eigenvalue weighted by atomic mass is 10.0. The Hall–Kier alpha value is -2.34. The molecule has 1 aromatic heterocycles. The van der Waals surface area contributed by atoms with Crippen LogP contribution in [0.4, 0.5) is 0 Å². The van der Waals surface area contributed by atoms with Crippen LogP contribution >= 0.6 is 15.9 Å². The lowest BCUT2D eigenvalue weighted by Gasteiger charge is -2.03. The number of carbonyl (C=O) groups excluding carboxylic acids is 3. The van der Waals surface area contributed by atoms with Crippen LogP contribution in [-0.4, -0.2) is 29.1 Å². The summed E-state index contributed by atoms with van der Waals surface area (Å²) in [5.74, 6) is -0.815. The van der Waals surface area contributed by atoms with Gasteiger partial charge in [0.2, 0.25) is 0 Å². The largest absolute Gasteiger partial charge is 0.462 e. The lowest BCUT2D eigenvalue weighted by Crippen LogP contribution is -2.09. The van der Waals surface area contributed by atoms with Gasteiger partial charge in [0.15, 0.2) is 11.6 Å². The first-order valence-corrected chi connectivity index (χ1v) is 8.25. The molecular formula is C18H16BrNO4. The summed E-state index contributed by atoms with van der Waals surface area (Å²) in [6, 6.07) is 9.95. The van der Waals surface area contributed by atoms with Crippen molar-refractivity contribution < 1.29 is 19.1 Å². The van der Waals surface area contributed by atoms with E-state index in [9.17, 15) is 14.4 Å². The Kier molecular flexibility index (Phi) is 6.37. The van der Waals surface area contributed by atoms with Crippen LogP contribution in [0.1, 0.15) is 51.0 Å². The Bertz CT molecular complexity index is 739. The Labute approximate surface area is 148 Å². The first-order valence-electron chi connectivity index (χ1n) is 7.46. The van der Waals surface area contributed by atoms with Crippen LogP contribution in [0.15, 0.2) is 47.1 Å². The second-order valence-corrected chi connectivity index (χ2v) is 5.92. The van der Waals surface area contributed by atoms with Crippen LogP contribution in [0.3, 0.4) is 0 Å². The van der Waals surface area contributed by atoms with Crippen molar-refractivity contribution in [2.75, 3.05) is 6.61 Å². The maximum atomic E-state index is 12.1. The van der Waals surface area contributed by atoms with Gasteiger partial charge in [0, 0.05) is 29.1 Å². The second-order valence-electron chi connectivity index (χ2n) is 5.01. The molecule has 124 valence electrons. The zero-order valence-corrected chi connectivity index (χ0v) is 14.7. The Morgan fingerprint density at radius 1 is 0.958 bits per heavy atom. The summed E-state index contributed by atoms with van der Waals surface area (Å²) in [7, 11) is 0. The average molecular weight is 390 g/mol. The van der Waals surface area contributed by atoms with Gasteiger partial charge in [-0.1, -0.05) is 28.1 Å². The fourth-order valence-electron chi connectivity index (χ4n) is 2.03. The first-order chi connectivity index (χ1) is 11.5. The number of ether oxygens (including phenoxy) is 1. The Balaban J connectivity index is 1.93. The Morgan fingerprint density at radius 2 is 1.58 bits per heavy atom. The molecule has 0 aliphatic carbocycles. The minimum atomic E-state index is -0.477. The molecule has 2 rings (SSSR count). The van der Waals surface area contributed by atoms with Gasteiger partial charge < -0.3 is 4.74 Å². The Morgan fingerprint density at radius 3 is 2.17 bits per heavy atom. The van der Waals surface area contributed by atoms with E-state index in [-0.39, 0.29) is 36.7 Å². The van der Waals surface area contributed by atoms with Gasteiger partial charge in [0.25, 0.3) is 0 Å². The highest BCUT2D eigenvalue weighted by Gasteiger charge is 2.13. The van der Waals surface area contributed by atoms with Crippen molar-refractivity contribution in [3.8, 4) is 0 Å². The van der Waals surface area contributed by atoms with Crippen LogP contribution < -0.4 is 0 Å². The van der Waals surface area contributed by atoms with Gasteiger partial charge in [-0.05, 0) is 31.2 Å². The van der Waals surface area contributed by atoms with Crippen molar-refractivity contribution in [2.24, 2.45) is 0 Å². The van der Waals surface area contributed by atoms with Gasteiger partial charge in [0.1, 0.15) is 5.69 Å². The molecule has 2 aromatic rings. The van der Waals surface area contributed by atoms with Gasteiger partial charge in [-0.15, -0.1) is 0 Å². The molecule has 0 saturated heterocycles. The predicted molar refractivity (Wildman–Crippen MR) is 92.2 cm³/mol. The fourth-order valence-corrected chi connectivity index (χ4v) is 2.29. The van der Waals surface area contributed by atoms with Gasteiger partial charge >= 0.3 is 5.97 Å². The summed E-state index contributed by atoms with van der Waals surface area (Å²) >= 11 is 3.31. The van der Waals surface area contributed by atoms with Crippen LogP contribution in [0.5, 0.6) is 0 Å². The van der Waals surface area contributed by atoms with Crippen molar-refractivity contribution in [1.82, 2.24) is 4.98 Å². The maximum Gasteiger partial charge on any atom is 0.339 e. The average Bonchev–Trinajstić information content (AvgIpc) is 2.60. The molecule has 5 nitrogen and oxygen atoms in total. The van der Waals surface area contributed by atoms with Gasteiger partial charge in [-0.2, -0.15) is 0 Å². The third-order valence-electron chi connectivity index (χ3n) is 3.31. The van der Waals surface area contributed by atoms with E-state index in [1.54, 1.807) is 31.2 Å². The molecule has 0 bridgehead atoms. The molecule has 6 heteroatoms. The number of hydrogen-bond acceptors (Lipinski definition) is 5. The molecule has 0 amide bonds. The van der Waals surface area contributed by atoms with E-state index >= 15 is 0 Å². The van der Waals surface area contributed by atoms with E-state index in [4.69, 9.17) is 4.74 Å². The number of rotatable bonds is 7. The first kappa shape index (κ1) is 18.0. The predicted octanol–water partition coefficient (Wildman–Crippen LogP) is 3.87. The van der Waals surface area contributed by atoms with E-state index < -0.39 is 5.97 Å². The van der Waals surface area contributed by atoms with E-state index in [0.717, 1.165) is 4.47 Å². The summed E-state index contributed by atoms with van der Waals surface area (Å²) in [4.78, 5) is 39.7. The summed E-state index contributed by atoms with van der Waals surface area (Å²) in [6.07, 6.45) is 1.49. The quantitative estimate of drug-likeness (QED) is 0.530. The molecule has 0 unspecified atom stereocenters. The van der Waals surface area contributed by atoms with E-state index in [2.05, 4.69) is 20.9 Å². The highest BCUT2D eigenvalue weighted by atomic mass is 79.9. The summed E-state index contributed by atoms with van der Waals surface area (Å²) in [5, 5.41) is 0. The molecule has 0 N–H and O–H groups in total. The number of aromatic nitrogens is 1. The van der Waals surface area contributed by atoms with Crippen molar-refractivity contribution in [2.45, 2.75) is 19.8 Å². The molecule has 0 atom stereocenters. The van der Waals surface area contributed by atoms with Gasteiger partial charge in [0.05, 0.1) is 12.2 Å². The fraction of sp³-hybridized carbons (Fsp3) is 0.222. The summed E-state index contributed by atoms with van der Waals surface area (Å²) < 4.78 is 5.74. The van der Waals surface area contributed by atoms with Crippen molar-refractivity contribution in [3.05, 3.63) is 63.9 Å². The molecule has 24 heavy (non-hydrogen) atoms. The molecule has 1 heterocycles. The molecule has 1 aromatic carbocycles. The number of benzene rings is 1. The van der Waals surface area contributed by atoms with Crippen LogP contribution in [0, 0.1) is 0 Å². The highest BCUT2D eigenvalue weighted by molar-refractivity contribution is 9.10. The molecule has 0 aliphatic heterocycles. The third kappa shape index (κ3) is 4.83. The number of hydrogen-bond donors (Lipinski definition) is 0. The van der Waals surface area contributed by atoms with Crippen LogP contribution in [0.2, 0.25) is 0 Å². The van der Waals surface area contributed by atoms with Crippen LogP contribution in [0.25, 0.3) is 0 Å². The molecule has 0 spiro atoms. The number of carbonyl (C=O) groups is 3. The van der Waals surface area contributed by atoms with Crippen LogP contribution in [-0.2, 0) is 4.74 Å². The van der Waals surface area contributed by atoms with E-state index in [0.29, 0.717) is 11.1 Å². The van der Waals surface area contributed by atoms with Crippen molar-refractivity contribution in [3.63, 3.8) is 0 Å². The summed E-state index contributed by atoms with van der Waals surface area (Å²) in [5.41, 5.74) is 1.09. The number of halogens is 1. The van der Waals surface area contributed by atoms with E-state index in [1.807, 2.05) is 0 Å². The molecule has 0 aliphatic rings. The van der Waals surface area contributed by atoms with Gasteiger partial charge in [-0.25, -0.2) is 4.79 Å². The maximum absolute atomic E-state index is 12.1. The number of Topliss-reactive ketones (excluding diaryl/α,β-unsaturated/α-hetero) is 2. The third-order valence-corrected chi connectivity index (χ3v) is 3.83. The molecular weight excluding hydrogens is 374 g/mol.